The van der Waals surface area contributed by atoms with Gasteiger partial charge in [-0.25, -0.2) is 0 Å². The van der Waals surface area contributed by atoms with Gasteiger partial charge in [-0.3, -0.25) is 4.79 Å². The summed E-state index contributed by atoms with van der Waals surface area (Å²) in [5.41, 5.74) is 0.967. The molecule has 0 saturated heterocycles. The maximum Gasteiger partial charge on any atom is 0.233 e. The quantitative estimate of drug-likeness (QED) is 0.829. The van der Waals surface area contributed by atoms with Gasteiger partial charge < -0.3 is 10.6 Å². The Morgan fingerprint density at radius 2 is 2.05 bits per heavy atom. The number of nitrogens with one attached hydrogen (secondary N) is 2. The fourth-order valence-corrected chi connectivity index (χ4v) is 3.34. The molecule has 19 heavy (non-hydrogen) atoms. The van der Waals surface area contributed by atoms with Gasteiger partial charge in [0.1, 0.15) is 0 Å². The lowest BCUT2D eigenvalue weighted by atomic mass is 10.3. The fraction of sp³-hybridized carbons (Fsp3) is 0.250. The van der Waals surface area contributed by atoms with Crippen molar-refractivity contribution in [3.05, 3.63) is 30.3 Å². The highest BCUT2D eigenvalue weighted by Crippen LogP contribution is 2.30. The monoisotopic (exact) mass is 294 g/mol. The minimum atomic E-state index is -0.178. The third kappa shape index (κ3) is 3.93. The molecule has 1 atom stereocenters. The number of nitrogens with zero attached hydrogens (tertiary/aromatic N) is 2. The van der Waals surface area contributed by atoms with Crippen molar-refractivity contribution in [3.63, 3.8) is 0 Å². The lowest BCUT2D eigenvalue weighted by molar-refractivity contribution is -0.119. The topological polar surface area (TPSA) is 66.9 Å². The molecular formula is C12H14N4OS2. The van der Waals surface area contributed by atoms with Crippen LogP contribution in [0, 0.1) is 0 Å². The van der Waals surface area contributed by atoms with E-state index in [1.54, 1.807) is 7.05 Å². The lowest BCUT2D eigenvalue weighted by Gasteiger charge is -2.05. The van der Waals surface area contributed by atoms with Crippen LogP contribution in [0.3, 0.4) is 0 Å². The largest absolute Gasteiger partial charge is 0.358 e. The third-order valence-electron chi connectivity index (χ3n) is 2.32. The molecule has 0 saturated carbocycles. The average Bonchev–Trinajstić information content (AvgIpc) is 2.86. The molecule has 7 heteroatoms. The number of amides is 1. The molecule has 0 spiro atoms. The normalized spacial score (nSPS) is 11.9. The molecule has 1 aromatic heterocycles. The summed E-state index contributed by atoms with van der Waals surface area (Å²) < 4.78 is 0.773. The predicted octanol–water partition coefficient (Wildman–Crippen LogP) is 2.51. The van der Waals surface area contributed by atoms with Crippen LogP contribution in [0.15, 0.2) is 34.7 Å². The Kier molecular flexibility index (Phi) is 4.75. The maximum absolute atomic E-state index is 11.4. The van der Waals surface area contributed by atoms with E-state index >= 15 is 0 Å². The minimum Gasteiger partial charge on any atom is -0.358 e. The molecule has 0 fully saturated rings. The molecule has 100 valence electrons. The molecule has 0 bridgehead atoms. The van der Waals surface area contributed by atoms with Gasteiger partial charge in [0, 0.05) is 12.7 Å². The Morgan fingerprint density at radius 1 is 1.32 bits per heavy atom. The van der Waals surface area contributed by atoms with Gasteiger partial charge in [-0.15, -0.1) is 10.2 Å². The van der Waals surface area contributed by atoms with Gasteiger partial charge in [-0.2, -0.15) is 0 Å². The molecule has 2 rings (SSSR count). The van der Waals surface area contributed by atoms with Gasteiger partial charge in [-0.05, 0) is 19.1 Å². The first-order chi connectivity index (χ1) is 9.19. The number of aromatic nitrogens is 2. The zero-order chi connectivity index (χ0) is 13.7. The summed E-state index contributed by atoms with van der Waals surface area (Å²) in [5, 5.41) is 14.4. The van der Waals surface area contributed by atoms with Gasteiger partial charge in [-0.1, -0.05) is 41.3 Å². The average molecular weight is 294 g/mol. The standard InChI is InChI=1S/C12H14N4OS2/c1-8(10(17)13-2)18-12-16-15-11(19-12)14-9-6-4-3-5-7-9/h3-8H,1-2H3,(H,13,17)(H,14,15)/t8-/m0/s1. The van der Waals surface area contributed by atoms with Crippen molar-refractivity contribution in [3.8, 4) is 0 Å². The molecule has 1 amide bonds. The minimum absolute atomic E-state index is 0.0160. The van der Waals surface area contributed by atoms with Crippen molar-refractivity contribution in [2.75, 3.05) is 12.4 Å². The summed E-state index contributed by atoms with van der Waals surface area (Å²) in [7, 11) is 1.63. The Bertz CT molecular complexity index is 544. The Labute approximate surface area is 119 Å². The first-order valence-electron chi connectivity index (χ1n) is 5.73. The molecule has 5 nitrogen and oxygen atoms in total. The van der Waals surface area contributed by atoms with E-state index in [0.29, 0.717) is 0 Å². The number of anilines is 2. The van der Waals surface area contributed by atoms with E-state index in [4.69, 9.17) is 0 Å². The van der Waals surface area contributed by atoms with Crippen LogP contribution in [0.4, 0.5) is 10.8 Å². The Hall–Kier alpha value is -1.60. The number of para-hydroxylation sites is 1. The van der Waals surface area contributed by atoms with Crippen LogP contribution in [-0.4, -0.2) is 28.4 Å². The number of rotatable bonds is 5. The molecular weight excluding hydrogens is 280 g/mol. The molecule has 1 heterocycles. The molecule has 0 aliphatic rings. The van der Waals surface area contributed by atoms with Crippen LogP contribution in [0.2, 0.25) is 0 Å². The van der Waals surface area contributed by atoms with Crippen LogP contribution >= 0.6 is 23.1 Å². The van der Waals surface area contributed by atoms with Crippen molar-refractivity contribution < 1.29 is 4.79 Å². The Balaban J connectivity index is 1.98. The van der Waals surface area contributed by atoms with Crippen molar-refractivity contribution in [1.82, 2.24) is 15.5 Å². The zero-order valence-electron chi connectivity index (χ0n) is 10.6. The second-order valence-electron chi connectivity index (χ2n) is 3.74. The number of thioether (sulfide) groups is 1. The van der Waals surface area contributed by atoms with Gasteiger partial charge in [0.15, 0.2) is 4.34 Å². The van der Waals surface area contributed by atoms with Crippen molar-refractivity contribution >= 4 is 39.8 Å². The number of carbonyl (C=O) groups excluding carboxylic acids is 1. The lowest BCUT2D eigenvalue weighted by Crippen LogP contribution is -2.27. The molecule has 0 aliphatic heterocycles. The highest BCUT2D eigenvalue weighted by molar-refractivity contribution is 8.02. The summed E-state index contributed by atoms with van der Waals surface area (Å²) in [6, 6.07) is 9.78. The molecule has 0 aliphatic carbocycles. The van der Waals surface area contributed by atoms with E-state index in [1.165, 1.54) is 23.1 Å². The molecule has 2 aromatic rings. The second-order valence-corrected chi connectivity index (χ2v) is 6.30. The van der Waals surface area contributed by atoms with E-state index in [-0.39, 0.29) is 11.2 Å². The molecule has 1 aromatic carbocycles. The first-order valence-corrected chi connectivity index (χ1v) is 7.42. The van der Waals surface area contributed by atoms with Gasteiger partial charge >= 0.3 is 0 Å². The van der Waals surface area contributed by atoms with Gasteiger partial charge in [0.25, 0.3) is 0 Å². The van der Waals surface area contributed by atoms with Crippen LogP contribution < -0.4 is 10.6 Å². The van der Waals surface area contributed by atoms with Crippen LogP contribution in [0.1, 0.15) is 6.92 Å². The molecule has 0 radical (unpaired) electrons. The summed E-state index contributed by atoms with van der Waals surface area (Å²) in [5.74, 6) is -0.0160. The van der Waals surface area contributed by atoms with Gasteiger partial charge in [0.05, 0.1) is 5.25 Å². The van der Waals surface area contributed by atoms with Crippen molar-refractivity contribution in [1.29, 1.82) is 0 Å². The van der Waals surface area contributed by atoms with E-state index in [0.717, 1.165) is 15.2 Å². The summed E-state index contributed by atoms with van der Waals surface area (Å²) in [6.45, 7) is 1.84. The van der Waals surface area contributed by atoms with E-state index in [9.17, 15) is 4.79 Å². The molecule has 0 unspecified atom stereocenters. The van der Waals surface area contributed by atoms with E-state index in [1.807, 2.05) is 37.3 Å². The van der Waals surface area contributed by atoms with Crippen LogP contribution in [-0.2, 0) is 4.79 Å². The third-order valence-corrected chi connectivity index (χ3v) is 4.35. The number of hydrogen-bond donors (Lipinski definition) is 2. The number of hydrogen-bond acceptors (Lipinski definition) is 6. The number of benzene rings is 1. The predicted molar refractivity (Wildman–Crippen MR) is 79.0 cm³/mol. The second kappa shape index (κ2) is 6.53. The summed E-state index contributed by atoms with van der Waals surface area (Å²) in [4.78, 5) is 11.4. The van der Waals surface area contributed by atoms with Crippen LogP contribution in [0.25, 0.3) is 0 Å². The Morgan fingerprint density at radius 3 is 2.74 bits per heavy atom. The SMILES string of the molecule is CNC(=O)[C@H](C)Sc1nnc(Nc2ccccc2)s1. The van der Waals surface area contributed by atoms with Crippen molar-refractivity contribution in [2.45, 2.75) is 16.5 Å². The number of carbonyl (C=O) groups is 1. The van der Waals surface area contributed by atoms with E-state index < -0.39 is 0 Å². The van der Waals surface area contributed by atoms with Crippen LogP contribution in [0.5, 0.6) is 0 Å². The van der Waals surface area contributed by atoms with Crippen molar-refractivity contribution in [2.24, 2.45) is 0 Å². The highest BCUT2D eigenvalue weighted by atomic mass is 32.2. The van der Waals surface area contributed by atoms with Gasteiger partial charge in [0.2, 0.25) is 11.0 Å². The fourth-order valence-electron chi connectivity index (χ4n) is 1.36. The smallest absolute Gasteiger partial charge is 0.233 e. The van der Waals surface area contributed by atoms with E-state index in [2.05, 4.69) is 20.8 Å². The first kappa shape index (κ1) is 13.8. The summed E-state index contributed by atoms with van der Waals surface area (Å²) in [6.07, 6.45) is 0. The summed E-state index contributed by atoms with van der Waals surface area (Å²) >= 11 is 2.83. The zero-order valence-corrected chi connectivity index (χ0v) is 12.2. The molecule has 2 N–H and O–H groups in total. The highest BCUT2D eigenvalue weighted by Gasteiger charge is 2.15. The maximum atomic E-state index is 11.4.